The normalized spacial score (nSPS) is 10.9. The molecular formula is C16H23N3O. The Balaban J connectivity index is 2.22. The van der Waals surface area contributed by atoms with E-state index in [1.165, 1.54) is 16.3 Å². The second-order valence-electron chi connectivity index (χ2n) is 4.77. The average molecular weight is 273 g/mol. The highest BCUT2D eigenvalue weighted by atomic mass is 16.5. The third-order valence-electron chi connectivity index (χ3n) is 3.22. The Morgan fingerprint density at radius 1 is 1.15 bits per heavy atom. The van der Waals surface area contributed by atoms with Crippen LogP contribution in [0, 0.1) is 0 Å². The fraction of sp³-hybridized carbons (Fsp3) is 0.438. The maximum atomic E-state index is 5.06. The number of rotatable bonds is 8. The predicted molar refractivity (Wildman–Crippen MR) is 84.1 cm³/mol. The topological polar surface area (TPSA) is 46.2 Å². The van der Waals surface area contributed by atoms with Crippen molar-refractivity contribution in [3.8, 4) is 0 Å². The molecule has 4 heteroatoms. The van der Waals surface area contributed by atoms with Crippen molar-refractivity contribution in [3.05, 3.63) is 36.0 Å². The van der Waals surface area contributed by atoms with Crippen LogP contribution in [-0.2, 0) is 11.3 Å². The molecule has 1 aromatic carbocycles. The Labute approximate surface area is 120 Å². The Morgan fingerprint density at radius 3 is 2.70 bits per heavy atom. The van der Waals surface area contributed by atoms with E-state index in [-0.39, 0.29) is 0 Å². The number of anilines is 1. The van der Waals surface area contributed by atoms with E-state index in [0.717, 1.165) is 31.9 Å². The zero-order valence-electron chi connectivity index (χ0n) is 12.3. The van der Waals surface area contributed by atoms with Gasteiger partial charge >= 0.3 is 0 Å². The van der Waals surface area contributed by atoms with E-state index in [4.69, 9.17) is 4.74 Å². The molecule has 0 aliphatic carbocycles. The molecule has 2 aromatic rings. The van der Waals surface area contributed by atoms with Crippen LogP contribution in [0.2, 0.25) is 0 Å². The molecule has 0 amide bonds. The molecule has 4 nitrogen and oxygen atoms in total. The van der Waals surface area contributed by atoms with Gasteiger partial charge in [-0.25, -0.2) is 4.98 Å². The molecule has 1 aromatic heterocycles. The maximum Gasteiger partial charge on any atom is 0.133 e. The first-order valence-corrected chi connectivity index (χ1v) is 7.17. The standard InChI is InChI=1S/C16H23N3O/c1-3-8-17-11-13-12-19-16(18-9-10-20-2)15-7-5-4-6-14(13)15/h4-7,12,17H,3,8-11H2,1-2H3,(H,18,19). The molecule has 0 radical (unpaired) electrons. The Hall–Kier alpha value is -1.65. The molecule has 1 heterocycles. The smallest absolute Gasteiger partial charge is 0.133 e. The summed E-state index contributed by atoms with van der Waals surface area (Å²) in [5.74, 6) is 0.928. The lowest BCUT2D eigenvalue weighted by Gasteiger charge is -2.12. The highest BCUT2D eigenvalue weighted by Crippen LogP contribution is 2.24. The van der Waals surface area contributed by atoms with Gasteiger partial charge in [-0.2, -0.15) is 0 Å². The van der Waals surface area contributed by atoms with Gasteiger partial charge in [-0.05, 0) is 23.9 Å². The van der Waals surface area contributed by atoms with Crippen molar-refractivity contribution in [1.29, 1.82) is 0 Å². The summed E-state index contributed by atoms with van der Waals surface area (Å²) in [7, 11) is 1.70. The molecule has 20 heavy (non-hydrogen) atoms. The second-order valence-corrected chi connectivity index (χ2v) is 4.77. The summed E-state index contributed by atoms with van der Waals surface area (Å²) in [4.78, 5) is 4.55. The van der Waals surface area contributed by atoms with Crippen molar-refractivity contribution >= 4 is 16.6 Å². The second kappa shape index (κ2) is 7.82. The summed E-state index contributed by atoms with van der Waals surface area (Å²) in [5, 5.41) is 9.18. The van der Waals surface area contributed by atoms with Gasteiger partial charge in [-0.15, -0.1) is 0 Å². The van der Waals surface area contributed by atoms with E-state index >= 15 is 0 Å². The van der Waals surface area contributed by atoms with Gasteiger partial charge in [-0.1, -0.05) is 31.2 Å². The zero-order valence-corrected chi connectivity index (χ0v) is 12.3. The van der Waals surface area contributed by atoms with E-state index in [9.17, 15) is 0 Å². The average Bonchev–Trinajstić information content (AvgIpc) is 2.49. The summed E-state index contributed by atoms with van der Waals surface area (Å²) >= 11 is 0. The monoisotopic (exact) mass is 273 g/mol. The summed E-state index contributed by atoms with van der Waals surface area (Å²) in [5.41, 5.74) is 1.24. The highest BCUT2D eigenvalue weighted by Gasteiger charge is 2.06. The first-order valence-electron chi connectivity index (χ1n) is 7.17. The maximum absolute atomic E-state index is 5.06. The minimum atomic E-state index is 0.676. The van der Waals surface area contributed by atoms with Crippen LogP contribution in [0.4, 0.5) is 5.82 Å². The van der Waals surface area contributed by atoms with Crippen LogP contribution < -0.4 is 10.6 Å². The number of ether oxygens (including phenoxy) is 1. The van der Waals surface area contributed by atoms with Gasteiger partial charge in [0.15, 0.2) is 0 Å². The van der Waals surface area contributed by atoms with E-state index in [1.807, 2.05) is 6.20 Å². The molecule has 0 unspecified atom stereocenters. The molecule has 2 N–H and O–H groups in total. The van der Waals surface area contributed by atoms with Crippen LogP contribution in [0.15, 0.2) is 30.5 Å². The fourth-order valence-corrected chi connectivity index (χ4v) is 2.20. The lowest BCUT2D eigenvalue weighted by molar-refractivity contribution is 0.210. The third-order valence-corrected chi connectivity index (χ3v) is 3.22. The van der Waals surface area contributed by atoms with Gasteiger partial charge in [0.1, 0.15) is 5.82 Å². The molecule has 0 atom stereocenters. The first-order chi connectivity index (χ1) is 9.86. The number of pyridine rings is 1. The van der Waals surface area contributed by atoms with Crippen molar-refractivity contribution in [2.75, 3.05) is 32.1 Å². The molecule has 0 bridgehead atoms. The molecule has 0 saturated heterocycles. The van der Waals surface area contributed by atoms with Crippen LogP contribution in [0.25, 0.3) is 10.8 Å². The van der Waals surface area contributed by atoms with Gasteiger partial charge in [0.05, 0.1) is 6.61 Å². The number of nitrogens with one attached hydrogen (secondary N) is 2. The SMILES string of the molecule is CCCNCc1cnc(NCCOC)c2ccccc12. The molecular weight excluding hydrogens is 250 g/mol. The van der Waals surface area contributed by atoms with Crippen LogP contribution in [0.3, 0.4) is 0 Å². The zero-order chi connectivity index (χ0) is 14.2. The summed E-state index contributed by atoms with van der Waals surface area (Å²) in [6.45, 7) is 5.50. The summed E-state index contributed by atoms with van der Waals surface area (Å²) < 4.78 is 5.06. The first kappa shape index (κ1) is 14.8. The van der Waals surface area contributed by atoms with Gasteiger partial charge in [-0.3, -0.25) is 0 Å². The minimum absolute atomic E-state index is 0.676. The number of hydrogen-bond donors (Lipinski definition) is 2. The van der Waals surface area contributed by atoms with Gasteiger partial charge in [0, 0.05) is 31.8 Å². The van der Waals surface area contributed by atoms with E-state index in [0.29, 0.717) is 6.61 Å². The number of fused-ring (bicyclic) bond motifs is 1. The Morgan fingerprint density at radius 2 is 1.95 bits per heavy atom. The summed E-state index contributed by atoms with van der Waals surface area (Å²) in [6, 6.07) is 8.39. The van der Waals surface area contributed by atoms with Crippen LogP contribution >= 0.6 is 0 Å². The van der Waals surface area contributed by atoms with Crippen LogP contribution in [0.5, 0.6) is 0 Å². The molecule has 0 saturated carbocycles. The van der Waals surface area contributed by atoms with Crippen molar-refractivity contribution in [2.45, 2.75) is 19.9 Å². The van der Waals surface area contributed by atoms with Crippen molar-refractivity contribution in [2.24, 2.45) is 0 Å². The molecule has 0 fully saturated rings. The lowest BCUT2D eigenvalue weighted by Crippen LogP contribution is -2.15. The number of methoxy groups -OCH3 is 1. The van der Waals surface area contributed by atoms with E-state index < -0.39 is 0 Å². The number of benzene rings is 1. The van der Waals surface area contributed by atoms with E-state index in [2.05, 4.69) is 46.8 Å². The number of aromatic nitrogens is 1. The summed E-state index contributed by atoms with van der Waals surface area (Å²) in [6.07, 6.45) is 3.10. The van der Waals surface area contributed by atoms with Gasteiger partial charge in [0.2, 0.25) is 0 Å². The van der Waals surface area contributed by atoms with Gasteiger partial charge < -0.3 is 15.4 Å². The minimum Gasteiger partial charge on any atom is -0.383 e. The molecule has 0 aliphatic heterocycles. The molecule has 108 valence electrons. The van der Waals surface area contributed by atoms with Crippen molar-refractivity contribution < 1.29 is 4.74 Å². The molecule has 0 aliphatic rings. The van der Waals surface area contributed by atoms with E-state index in [1.54, 1.807) is 7.11 Å². The van der Waals surface area contributed by atoms with Crippen molar-refractivity contribution in [1.82, 2.24) is 10.3 Å². The Bertz CT molecular complexity index is 494. The van der Waals surface area contributed by atoms with Crippen LogP contribution in [0.1, 0.15) is 18.9 Å². The highest BCUT2D eigenvalue weighted by molar-refractivity contribution is 5.93. The quantitative estimate of drug-likeness (QED) is 0.726. The van der Waals surface area contributed by atoms with Gasteiger partial charge in [0.25, 0.3) is 0 Å². The fourth-order valence-electron chi connectivity index (χ4n) is 2.20. The molecule has 0 spiro atoms. The Kier molecular flexibility index (Phi) is 5.77. The molecule has 2 rings (SSSR count). The largest absolute Gasteiger partial charge is 0.383 e. The van der Waals surface area contributed by atoms with Crippen LogP contribution in [-0.4, -0.2) is 31.8 Å². The third kappa shape index (κ3) is 3.68. The number of hydrogen-bond acceptors (Lipinski definition) is 4. The number of nitrogens with zero attached hydrogens (tertiary/aromatic N) is 1. The predicted octanol–water partition coefficient (Wildman–Crippen LogP) is 2.79. The van der Waals surface area contributed by atoms with Crippen molar-refractivity contribution in [3.63, 3.8) is 0 Å². The lowest BCUT2D eigenvalue weighted by atomic mass is 10.1.